The third kappa shape index (κ3) is 3.60. The van der Waals surface area contributed by atoms with Gasteiger partial charge in [-0.05, 0) is 12.8 Å². The van der Waals surface area contributed by atoms with Gasteiger partial charge in [0.25, 0.3) is 5.69 Å². The number of non-ortho nitro benzene ring substituents is 1. The monoisotopic (exact) mass is 280 g/mol. The van der Waals surface area contributed by atoms with Gasteiger partial charge in [-0.3, -0.25) is 10.1 Å². The first kappa shape index (κ1) is 14.6. The molecule has 0 aromatic heterocycles. The second-order valence-electron chi connectivity index (χ2n) is 5.13. The highest BCUT2D eigenvalue weighted by Crippen LogP contribution is 2.28. The zero-order valence-corrected chi connectivity index (χ0v) is 11.5. The molecule has 20 heavy (non-hydrogen) atoms. The van der Waals surface area contributed by atoms with Gasteiger partial charge in [0, 0.05) is 17.8 Å². The fourth-order valence-electron chi connectivity index (χ4n) is 2.56. The Kier molecular flexibility index (Phi) is 4.79. The lowest BCUT2D eigenvalue weighted by molar-refractivity contribution is -0.384. The Morgan fingerprint density at radius 3 is 2.75 bits per heavy atom. The number of nitro benzene ring substituents is 1. The van der Waals surface area contributed by atoms with Crippen LogP contribution < -0.4 is 10.1 Å². The Bertz CT molecular complexity index is 478. The number of anilines is 1. The molecule has 6 heteroatoms. The van der Waals surface area contributed by atoms with E-state index < -0.39 is 11.0 Å². The zero-order chi connectivity index (χ0) is 14.5. The summed E-state index contributed by atoms with van der Waals surface area (Å²) in [7, 11) is 1.48. The van der Waals surface area contributed by atoms with E-state index in [4.69, 9.17) is 4.74 Å². The van der Waals surface area contributed by atoms with Crippen LogP contribution in [0.2, 0.25) is 0 Å². The van der Waals surface area contributed by atoms with Crippen molar-refractivity contribution in [2.24, 2.45) is 0 Å². The molecule has 1 aromatic rings. The molecule has 0 spiro atoms. The molecular formula is C14H20N2O4. The van der Waals surface area contributed by atoms with Gasteiger partial charge in [0.05, 0.1) is 30.2 Å². The molecule has 2 atom stereocenters. The Labute approximate surface area is 117 Å². The number of benzene rings is 1. The molecule has 6 nitrogen and oxygen atoms in total. The summed E-state index contributed by atoms with van der Waals surface area (Å²) < 4.78 is 5.08. The predicted molar refractivity (Wildman–Crippen MR) is 76.2 cm³/mol. The number of rotatable bonds is 4. The van der Waals surface area contributed by atoms with Gasteiger partial charge in [-0.1, -0.05) is 19.3 Å². The highest BCUT2D eigenvalue weighted by atomic mass is 16.6. The van der Waals surface area contributed by atoms with Gasteiger partial charge in [0.1, 0.15) is 5.75 Å². The van der Waals surface area contributed by atoms with Crippen molar-refractivity contribution < 1.29 is 14.8 Å². The van der Waals surface area contributed by atoms with Crippen LogP contribution in [0.4, 0.5) is 11.4 Å². The molecular weight excluding hydrogens is 260 g/mol. The number of ether oxygens (including phenoxy) is 1. The van der Waals surface area contributed by atoms with E-state index in [1.54, 1.807) is 6.07 Å². The number of nitrogens with one attached hydrogen (secondary N) is 1. The fraction of sp³-hybridized carbons (Fsp3) is 0.571. The number of aliphatic hydroxyl groups excluding tert-OH is 1. The molecule has 0 radical (unpaired) electrons. The van der Waals surface area contributed by atoms with Crippen LogP contribution in [0, 0.1) is 10.1 Å². The highest BCUT2D eigenvalue weighted by molar-refractivity contribution is 5.57. The summed E-state index contributed by atoms with van der Waals surface area (Å²) in [5.74, 6) is 0.435. The second-order valence-corrected chi connectivity index (χ2v) is 5.13. The summed E-state index contributed by atoms with van der Waals surface area (Å²) in [5, 5.41) is 24.2. The standard InChI is InChI=1S/C14H20N2O4/c1-20-12-8-10(7-11(9-12)16(18)19)15-13-5-3-2-4-6-14(13)17/h7-9,13-15,17H,2-6H2,1H3. The smallest absolute Gasteiger partial charge is 0.275 e. The van der Waals surface area contributed by atoms with Crippen LogP contribution in [-0.4, -0.2) is 29.3 Å². The molecule has 1 aliphatic rings. The third-order valence-corrected chi connectivity index (χ3v) is 3.67. The maximum absolute atomic E-state index is 10.9. The summed E-state index contributed by atoms with van der Waals surface area (Å²) >= 11 is 0. The van der Waals surface area contributed by atoms with Crippen LogP contribution >= 0.6 is 0 Å². The lowest BCUT2D eigenvalue weighted by Crippen LogP contribution is -2.32. The molecule has 0 amide bonds. The molecule has 2 N–H and O–H groups in total. The third-order valence-electron chi connectivity index (χ3n) is 3.67. The van der Waals surface area contributed by atoms with Crippen LogP contribution in [-0.2, 0) is 0 Å². The van der Waals surface area contributed by atoms with E-state index in [2.05, 4.69) is 5.32 Å². The summed E-state index contributed by atoms with van der Waals surface area (Å²) in [4.78, 5) is 10.5. The largest absolute Gasteiger partial charge is 0.496 e. The van der Waals surface area contributed by atoms with Gasteiger partial charge >= 0.3 is 0 Å². The molecule has 1 aliphatic carbocycles. The highest BCUT2D eigenvalue weighted by Gasteiger charge is 2.22. The van der Waals surface area contributed by atoms with Gasteiger partial charge in [-0.2, -0.15) is 0 Å². The van der Waals surface area contributed by atoms with E-state index >= 15 is 0 Å². The number of hydrogen-bond acceptors (Lipinski definition) is 5. The molecule has 1 saturated carbocycles. The molecule has 1 aromatic carbocycles. The Morgan fingerprint density at radius 1 is 1.30 bits per heavy atom. The molecule has 0 heterocycles. The summed E-state index contributed by atoms with van der Waals surface area (Å²) in [6.07, 6.45) is 4.42. The van der Waals surface area contributed by atoms with Crippen molar-refractivity contribution >= 4 is 11.4 Å². The van der Waals surface area contributed by atoms with E-state index in [1.807, 2.05) is 0 Å². The molecule has 110 valence electrons. The van der Waals surface area contributed by atoms with Gasteiger partial charge in [-0.15, -0.1) is 0 Å². The number of nitrogens with zero attached hydrogens (tertiary/aromatic N) is 1. The van der Waals surface area contributed by atoms with Crippen molar-refractivity contribution in [3.63, 3.8) is 0 Å². The quantitative estimate of drug-likeness (QED) is 0.503. The van der Waals surface area contributed by atoms with Crippen molar-refractivity contribution in [1.29, 1.82) is 0 Å². The number of hydrogen-bond donors (Lipinski definition) is 2. The summed E-state index contributed by atoms with van der Waals surface area (Å²) in [6, 6.07) is 4.50. The van der Waals surface area contributed by atoms with E-state index in [1.165, 1.54) is 19.2 Å². The van der Waals surface area contributed by atoms with Crippen molar-refractivity contribution in [1.82, 2.24) is 0 Å². The van der Waals surface area contributed by atoms with E-state index in [9.17, 15) is 15.2 Å². The van der Waals surface area contributed by atoms with E-state index in [0.717, 1.165) is 32.1 Å². The number of nitro groups is 1. The minimum absolute atomic E-state index is 0.0186. The van der Waals surface area contributed by atoms with Gasteiger partial charge in [-0.25, -0.2) is 0 Å². The summed E-state index contributed by atoms with van der Waals surface area (Å²) in [6.45, 7) is 0. The van der Waals surface area contributed by atoms with Gasteiger partial charge in [0.2, 0.25) is 0 Å². The van der Waals surface area contributed by atoms with Crippen molar-refractivity contribution in [2.45, 2.75) is 44.2 Å². The van der Waals surface area contributed by atoms with Gasteiger partial charge in [0.15, 0.2) is 0 Å². The van der Waals surface area contributed by atoms with Crippen LogP contribution in [0.1, 0.15) is 32.1 Å². The average Bonchev–Trinajstić information content (AvgIpc) is 2.64. The second kappa shape index (κ2) is 6.56. The predicted octanol–water partition coefficient (Wildman–Crippen LogP) is 2.71. The SMILES string of the molecule is COc1cc(NC2CCCCCC2O)cc([N+](=O)[O-])c1. The van der Waals surface area contributed by atoms with Gasteiger partial charge < -0.3 is 15.2 Å². The topological polar surface area (TPSA) is 84.6 Å². The molecule has 2 rings (SSSR count). The normalized spacial score (nSPS) is 22.9. The van der Waals surface area contributed by atoms with E-state index in [0.29, 0.717) is 11.4 Å². The lowest BCUT2D eigenvalue weighted by atomic mass is 10.1. The van der Waals surface area contributed by atoms with Crippen molar-refractivity contribution in [2.75, 3.05) is 12.4 Å². The van der Waals surface area contributed by atoms with Crippen molar-refractivity contribution in [3.05, 3.63) is 28.3 Å². The average molecular weight is 280 g/mol. The molecule has 2 unspecified atom stereocenters. The number of methoxy groups -OCH3 is 1. The molecule has 0 saturated heterocycles. The van der Waals surface area contributed by atoms with Crippen molar-refractivity contribution in [3.8, 4) is 5.75 Å². The Morgan fingerprint density at radius 2 is 2.05 bits per heavy atom. The zero-order valence-electron chi connectivity index (χ0n) is 11.5. The maximum Gasteiger partial charge on any atom is 0.275 e. The molecule has 1 fully saturated rings. The Balaban J connectivity index is 2.18. The minimum atomic E-state index is -0.447. The maximum atomic E-state index is 10.9. The molecule has 0 bridgehead atoms. The first-order chi connectivity index (χ1) is 9.60. The first-order valence-electron chi connectivity index (χ1n) is 6.88. The first-order valence-corrected chi connectivity index (χ1v) is 6.88. The van der Waals surface area contributed by atoms with Crippen LogP contribution in [0.3, 0.4) is 0 Å². The Hall–Kier alpha value is -1.82. The van der Waals surface area contributed by atoms with Crippen LogP contribution in [0.25, 0.3) is 0 Å². The summed E-state index contributed by atoms with van der Waals surface area (Å²) in [5.41, 5.74) is 0.594. The van der Waals surface area contributed by atoms with Crippen LogP contribution in [0.15, 0.2) is 18.2 Å². The fourth-order valence-corrected chi connectivity index (χ4v) is 2.56. The molecule has 0 aliphatic heterocycles. The van der Waals surface area contributed by atoms with E-state index in [-0.39, 0.29) is 11.7 Å². The lowest BCUT2D eigenvalue weighted by Gasteiger charge is -2.23. The number of aliphatic hydroxyl groups is 1. The minimum Gasteiger partial charge on any atom is -0.496 e. The van der Waals surface area contributed by atoms with Crippen LogP contribution in [0.5, 0.6) is 5.75 Å².